The first kappa shape index (κ1) is 10.2. The molecule has 0 amide bonds. The summed E-state index contributed by atoms with van der Waals surface area (Å²) in [5, 5.41) is -0.0221. The number of para-hydroxylation sites is 2. The number of halogens is 1. The van der Waals surface area contributed by atoms with Gasteiger partial charge in [0.25, 0.3) is 0 Å². The predicted octanol–water partition coefficient (Wildman–Crippen LogP) is 3.75. The molecule has 2 aromatic rings. The van der Waals surface area contributed by atoms with E-state index >= 15 is 0 Å². The lowest BCUT2D eigenvalue weighted by molar-refractivity contribution is 0.610. The van der Waals surface area contributed by atoms with Gasteiger partial charge >= 0.3 is 0 Å². The van der Waals surface area contributed by atoms with E-state index < -0.39 is 0 Å². The third-order valence-electron chi connectivity index (χ3n) is 3.18. The molecule has 1 aliphatic rings. The van der Waals surface area contributed by atoms with Gasteiger partial charge in [0.1, 0.15) is 5.82 Å². The molecular formula is C13H15ClN2. The van der Waals surface area contributed by atoms with Crippen LogP contribution in [0.1, 0.15) is 31.0 Å². The molecule has 1 unspecified atom stereocenters. The van der Waals surface area contributed by atoms with Crippen molar-refractivity contribution in [1.29, 1.82) is 0 Å². The van der Waals surface area contributed by atoms with Gasteiger partial charge in [0, 0.05) is 6.54 Å². The van der Waals surface area contributed by atoms with E-state index in [4.69, 9.17) is 11.6 Å². The first-order valence-corrected chi connectivity index (χ1v) is 6.28. The molecule has 2 nitrogen and oxygen atoms in total. The molecule has 1 aromatic heterocycles. The van der Waals surface area contributed by atoms with Crippen molar-refractivity contribution in [2.24, 2.45) is 5.92 Å². The topological polar surface area (TPSA) is 17.8 Å². The van der Waals surface area contributed by atoms with Gasteiger partial charge in [-0.05, 0) is 37.8 Å². The summed E-state index contributed by atoms with van der Waals surface area (Å²) < 4.78 is 2.30. The number of nitrogens with zero attached hydrogens (tertiary/aromatic N) is 2. The number of fused-ring (bicyclic) bond motifs is 1. The van der Waals surface area contributed by atoms with Crippen molar-refractivity contribution in [1.82, 2.24) is 9.55 Å². The van der Waals surface area contributed by atoms with Gasteiger partial charge in [-0.1, -0.05) is 12.1 Å². The Balaban J connectivity index is 2.14. The van der Waals surface area contributed by atoms with Crippen molar-refractivity contribution in [3.8, 4) is 0 Å². The molecule has 0 radical (unpaired) electrons. The van der Waals surface area contributed by atoms with Crippen molar-refractivity contribution in [2.75, 3.05) is 0 Å². The van der Waals surface area contributed by atoms with Gasteiger partial charge in [0.2, 0.25) is 0 Å². The van der Waals surface area contributed by atoms with Gasteiger partial charge in [0.15, 0.2) is 0 Å². The minimum atomic E-state index is -0.0221. The number of hydrogen-bond acceptors (Lipinski definition) is 1. The predicted molar refractivity (Wildman–Crippen MR) is 66.7 cm³/mol. The summed E-state index contributed by atoms with van der Waals surface area (Å²) in [5.41, 5.74) is 2.28. The first-order valence-electron chi connectivity index (χ1n) is 5.85. The molecule has 1 aromatic carbocycles. The van der Waals surface area contributed by atoms with Crippen molar-refractivity contribution >= 4 is 22.6 Å². The quantitative estimate of drug-likeness (QED) is 0.740. The highest BCUT2D eigenvalue weighted by molar-refractivity contribution is 6.20. The fourth-order valence-corrected chi connectivity index (χ4v) is 2.31. The van der Waals surface area contributed by atoms with Crippen LogP contribution in [0.2, 0.25) is 0 Å². The van der Waals surface area contributed by atoms with Gasteiger partial charge in [-0.25, -0.2) is 4.98 Å². The average Bonchev–Trinajstić information content (AvgIpc) is 3.00. The molecule has 1 aliphatic carbocycles. The Labute approximate surface area is 100 Å². The number of hydrogen-bond donors (Lipinski definition) is 0. The molecule has 84 valence electrons. The van der Waals surface area contributed by atoms with E-state index in [9.17, 15) is 0 Å². The van der Waals surface area contributed by atoms with Crippen LogP contribution in [0.4, 0.5) is 0 Å². The van der Waals surface area contributed by atoms with E-state index in [-0.39, 0.29) is 5.38 Å². The van der Waals surface area contributed by atoms with Crippen molar-refractivity contribution < 1.29 is 0 Å². The first-order chi connectivity index (χ1) is 7.75. The molecule has 1 atom stereocenters. The third-order valence-corrected chi connectivity index (χ3v) is 3.37. The van der Waals surface area contributed by atoms with Crippen LogP contribution in [-0.4, -0.2) is 9.55 Å². The summed E-state index contributed by atoms with van der Waals surface area (Å²) in [4.78, 5) is 4.62. The standard InChI is InChI=1S/C13H15ClN2/c1-9(14)13-15-11-4-2-3-5-12(11)16(13)8-10-6-7-10/h2-5,9-10H,6-8H2,1H3. The molecule has 1 saturated carbocycles. The number of rotatable bonds is 3. The molecule has 3 rings (SSSR count). The summed E-state index contributed by atoms with van der Waals surface area (Å²) in [6, 6.07) is 8.28. The van der Waals surface area contributed by atoms with Crippen LogP contribution in [0.25, 0.3) is 11.0 Å². The second-order valence-corrected chi connectivity index (χ2v) is 5.28. The van der Waals surface area contributed by atoms with E-state index in [0.29, 0.717) is 0 Å². The molecular weight excluding hydrogens is 220 g/mol. The monoisotopic (exact) mass is 234 g/mol. The van der Waals surface area contributed by atoms with Gasteiger partial charge in [-0.3, -0.25) is 0 Å². The maximum absolute atomic E-state index is 6.20. The molecule has 0 aliphatic heterocycles. The molecule has 1 fully saturated rings. The fraction of sp³-hybridized carbons (Fsp3) is 0.462. The van der Waals surface area contributed by atoms with E-state index in [1.165, 1.54) is 18.4 Å². The lowest BCUT2D eigenvalue weighted by Crippen LogP contribution is -2.05. The van der Waals surface area contributed by atoms with E-state index in [1.54, 1.807) is 0 Å². The van der Waals surface area contributed by atoms with Crippen molar-refractivity contribution in [2.45, 2.75) is 31.7 Å². The zero-order valence-corrected chi connectivity index (χ0v) is 10.1. The maximum Gasteiger partial charge on any atom is 0.127 e. The van der Waals surface area contributed by atoms with Crippen LogP contribution in [0.3, 0.4) is 0 Å². The second-order valence-electron chi connectivity index (χ2n) is 4.63. The number of imidazole rings is 1. The van der Waals surface area contributed by atoms with Crippen molar-refractivity contribution in [3.05, 3.63) is 30.1 Å². The molecule has 1 heterocycles. The largest absolute Gasteiger partial charge is 0.326 e. The zero-order chi connectivity index (χ0) is 11.1. The summed E-state index contributed by atoms with van der Waals surface area (Å²) >= 11 is 6.20. The average molecular weight is 235 g/mol. The van der Waals surface area contributed by atoms with Gasteiger partial charge in [0.05, 0.1) is 16.4 Å². The van der Waals surface area contributed by atoms with Crippen LogP contribution in [0, 0.1) is 5.92 Å². The third kappa shape index (κ3) is 1.71. The smallest absolute Gasteiger partial charge is 0.127 e. The molecule has 0 bridgehead atoms. The number of alkyl halides is 1. The van der Waals surface area contributed by atoms with Crippen LogP contribution < -0.4 is 0 Å². The lowest BCUT2D eigenvalue weighted by atomic mass is 10.3. The number of aromatic nitrogens is 2. The van der Waals surface area contributed by atoms with Crippen LogP contribution in [0.15, 0.2) is 24.3 Å². The Hall–Kier alpha value is -1.02. The summed E-state index contributed by atoms with van der Waals surface area (Å²) in [5.74, 6) is 1.85. The summed E-state index contributed by atoms with van der Waals surface area (Å²) in [6.45, 7) is 3.07. The van der Waals surface area contributed by atoms with Crippen LogP contribution in [0.5, 0.6) is 0 Å². The van der Waals surface area contributed by atoms with Gasteiger partial charge < -0.3 is 4.57 Å². The molecule has 3 heteroatoms. The minimum absolute atomic E-state index is 0.0221. The van der Waals surface area contributed by atoms with Crippen LogP contribution >= 0.6 is 11.6 Å². The van der Waals surface area contributed by atoms with Gasteiger partial charge in [-0.15, -0.1) is 11.6 Å². The normalized spacial score (nSPS) is 17.9. The summed E-state index contributed by atoms with van der Waals surface area (Å²) in [7, 11) is 0. The SMILES string of the molecule is CC(Cl)c1nc2ccccc2n1CC1CC1. The lowest BCUT2D eigenvalue weighted by Gasteiger charge is -2.09. The Bertz CT molecular complexity index is 512. The molecule has 16 heavy (non-hydrogen) atoms. The Morgan fingerprint density at radius 3 is 2.88 bits per heavy atom. The minimum Gasteiger partial charge on any atom is -0.326 e. The van der Waals surface area contributed by atoms with E-state index in [1.807, 2.05) is 13.0 Å². The number of benzene rings is 1. The zero-order valence-electron chi connectivity index (χ0n) is 9.36. The fourth-order valence-electron chi connectivity index (χ4n) is 2.15. The summed E-state index contributed by atoms with van der Waals surface area (Å²) in [6.07, 6.45) is 2.70. The Kier molecular flexibility index (Phi) is 2.40. The van der Waals surface area contributed by atoms with E-state index in [0.717, 1.165) is 23.8 Å². The maximum atomic E-state index is 6.20. The van der Waals surface area contributed by atoms with Gasteiger partial charge in [-0.2, -0.15) is 0 Å². The highest BCUT2D eigenvalue weighted by Crippen LogP contribution is 2.34. The van der Waals surface area contributed by atoms with Crippen molar-refractivity contribution in [3.63, 3.8) is 0 Å². The molecule has 0 saturated heterocycles. The highest BCUT2D eigenvalue weighted by atomic mass is 35.5. The Morgan fingerprint density at radius 1 is 1.44 bits per heavy atom. The van der Waals surface area contributed by atoms with Crippen LogP contribution in [-0.2, 0) is 6.54 Å². The highest BCUT2D eigenvalue weighted by Gasteiger charge is 2.25. The van der Waals surface area contributed by atoms with E-state index in [2.05, 4.69) is 27.8 Å². The Morgan fingerprint density at radius 2 is 2.19 bits per heavy atom. The second kappa shape index (κ2) is 3.77. The molecule has 0 spiro atoms. The molecule has 0 N–H and O–H groups in total.